The summed E-state index contributed by atoms with van der Waals surface area (Å²) < 4.78 is 13.8. The Morgan fingerprint density at radius 1 is 1.17 bits per heavy atom. The molecule has 2 aromatic rings. The van der Waals surface area contributed by atoms with Crippen LogP contribution in [-0.2, 0) is 13.1 Å². The van der Waals surface area contributed by atoms with Crippen LogP contribution in [0.3, 0.4) is 0 Å². The number of hydrogen-bond donors (Lipinski definition) is 2. The minimum absolute atomic E-state index is 0. The van der Waals surface area contributed by atoms with Gasteiger partial charge in [-0.05, 0) is 44.6 Å². The van der Waals surface area contributed by atoms with Crippen molar-refractivity contribution < 1.29 is 9.47 Å². The molecular formula is C21H33IN6O2. The smallest absolute Gasteiger partial charge is 0.191 e. The normalized spacial score (nSPS) is 14.3. The molecule has 0 atom stereocenters. The molecule has 3 rings (SSSR count). The van der Waals surface area contributed by atoms with Gasteiger partial charge >= 0.3 is 0 Å². The zero-order chi connectivity index (χ0) is 20.3. The minimum Gasteiger partial charge on any atom is -0.493 e. The molecule has 1 aromatic carbocycles. The molecule has 1 aliphatic rings. The van der Waals surface area contributed by atoms with Gasteiger partial charge in [0.05, 0.1) is 13.2 Å². The zero-order valence-electron chi connectivity index (χ0n) is 17.8. The van der Waals surface area contributed by atoms with Gasteiger partial charge < -0.3 is 24.7 Å². The molecule has 166 valence electrons. The summed E-state index contributed by atoms with van der Waals surface area (Å²) in [5, 5.41) is 14.4. The Morgan fingerprint density at radius 3 is 2.63 bits per heavy atom. The van der Waals surface area contributed by atoms with Gasteiger partial charge in [0.1, 0.15) is 12.7 Å². The lowest BCUT2D eigenvalue weighted by Crippen LogP contribution is -2.37. The van der Waals surface area contributed by atoms with Crippen molar-refractivity contribution in [1.82, 2.24) is 25.4 Å². The first kappa shape index (κ1) is 24.2. The fourth-order valence-electron chi connectivity index (χ4n) is 3.53. The van der Waals surface area contributed by atoms with Crippen LogP contribution in [0.25, 0.3) is 0 Å². The lowest BCUT2D eigenvalue weighted by atomic mass is 10.1. The van der Waals surface area contributed by atoms with Gasteiger partial charge in [-0.25, -0.2) is 0 Å². The lowest BCUT2D eigenvalue weighted by Gasteiger charge is -2.20. The Morgan fingerprint density at radius 2 is 1.93 bits per heavy atom. The quantitative estimate of drug-likeness (QED) is 0.213. The number of nitrogens with one attached hydrogen (secondary N) is 2. The fourth-order valence-corrected chi connectivity index (χ4v) is 3.53. The van der Waals surface area contributed by atoms with Crippen molar-refractivity contribution >= 4 is 29.9 Å². The van der Waals surface area contributed by atoms with Crippen LogP contribution < -0.4 is 20.1 Å². The molecule has 0 unspecified atom stereocenters. The molecule has 0 saturated heterocycles. The summed E-state index contributed by atoms with van der Waals surface area (Å²) in [5.41, 5.74) is 1.08. The Balaban J connectivity index is 0.00000320. The zero-order valence-corrected chi connectivity index (χ0v) is 20.2. The van der Waals surface area contributed by atoms with E-state index in [1.54, 1.807) is 26.8 Å². The van der Waals surface area contributed by atoms with Crippen molar-refractivity contribution in [3.8, 4) is 11.5 Å². The molecular weight excluding hydrogens is 495 g/mol. The number of guanidine groups is 1. The van der Waals surface area contributed by atoms with Crippen LogP contribution in [0.5, 0.6) is 11.5 Å². The van der Waals surface area contributed by atoms with Gasteiger partial charge in [-0.15, -0.1) is 34.2 Å². The Hall–Kier alpha value is -2.04. The van der Waals surface area contributed by atoms with E-state index >= 15 is 0 Å². The van der Waals surface area contributed by atoms with E-state index in [9.17, 15) is 0 Å². The molecule has 8 nitrogen and oxygen atoms in total. The second-order valence-corrected chi connectivity index (χ2v) is 7.23. The van der Waals surface area contributed by atoms with Crippen LogP contribution in [0.1, 0.15) is 44.1 Å². The number of para-hydroxylation sites is 1. The molecule has 1 aliphatic carbocycles. The third-order valence-electron chi connectivity index (χ3n) is 5.14. The van der Waals surface area contributed by atoms with Crippen molar-refractivity contribution in [2.45, 2.75) is 57.7 Å². The highest BCUT2D eigenvalue weighted by Crippen LogP contribution is 2.34. The number of rotatable bonds is 10. The van der Waals surface area contributed by atoms with Crippen molar-refractivity contribution in [3.63, 3.8) is 0 Å². The van der Waals surface area contributed by atoms with Crippen molar-refractivity contribution in [3.05, 3.63) is 36.4 Å². The highest BCUT2D eigenvalue weighted by Gasteiger charge is 2.20. The maximum atomic E-state index is 6.31. The number of hydrogen-bond acceptors (Lipinski definition) is 5. The number of aryl methyl sites for hydroxylation is 1. The second kappa shape index (κ2) is 13.3. The fraction of sp³-hybridized carbons (Fsp3) is 0.571. The van der Waals surface area contributed by atoms with E-state index in [1.807, 2.05) is 16.7 Å². The standard InChI is InChI=1S/C21H32N6O2.HI/c1-22-21(23-12-5-6-13-27-15-25-26-16-27)24-14-17-8-7-11-19(28-2)20(17)29-18-9-3-4-10-18;/h7-8,11,15-16,18H,3-6,9-10,12-14H2,1-2H3,(H2,22,23,24);1H. The number of methoxy groups -OCH3 is 1. The summed E-state index contributed by atoms with van der Waals surface area (Å²) in [7, 11) is 3.47. The van der Waals surface area contributed by atoms with Crippen LogP contribution in [0.15, 0.2) is 35.8 Å². The van der Waals surface area contributed by atoms with E-state index in [0.29, 0.717) is 6.54 Å². The SMILES string of the molecule is CN=C(NCCCCn1cnnc1)NCc1cccc(OC)c1OC1CCCC1.I. The molecule has 0 bridgehead atoms. The van der Waals surface area contributed by atoms with Gasteiger partial charge in [-0.1, -0.05) is 12.1 Å². The third kappa shape index (κ3) is 7.33. The molecule has 1 heterocycles. The summed E-state index contributed by atoms with van der Waals surface area (Å²) in [6.07, 6.45) is 10.6. The summed E-state index contributed by atoms with van der Waals surface area (Å²) in [5.74, 6) is 2.41. The number of aromatic nitrogens is 3. The third-order valence-corrected chi connectivity index (χ3v) is 5.14. The monoisotopic (exact) mass is 528 g/mol. The lowest BCUT2D eigenvalue weighted by molar-refractivity contribution is 0.198. The molecule has 1 aromatic heterocycles. The minimum atomic E-state index is 0. The molecule has 1 fully saturated rings. The van der Waals surface area contributed by atoms with E-state index in [4.69, 9.17) is 9.47 Å². The number of ether oxygens (including phenoxy) is 2. The number of halogens is 1. The van der Waals surface area contributed by atoms with Crippen molar-refractivity contribution in [1.29, 1.82) is 0 Å². The predicted molar refractivity (Wildman–Crippen MR) is 129 cm³/mol. The molecule has 2 N–H and O–H groups in total. The van der Waals surface area contributed by atoms with Gasteiger partial charge in [0, 0.05) is 32.2 Å². The van der Waals surface area contributed by atoms with E-state index in [-0.39, 0.29) is 30.1 Å². The highest BCUT2D eigenvalue weighted by molar-refractivity contribution is 14.0. The van der Waals surface area contributed by atoms with Crippen LogP contribution in [-0.4, -0.2) is 47.5 Å². The van der Waals surface area contributed by atoms with Gasteiger partial charge in [0.15, 0.2) is 17.5 Å². The summed E-state index contributed by atoms with van der Waals surface area (Å²) >= 11 is 0. The number of aliphatic imine (C=N–C) groups is 1. The van der Waals surface area contributed by atoms with E-state index in [0.717, 1.165) is 61.8 Å². The predicted octanol–water partition coefficient (Wildman–Crippen LogP) is 3.37. The first-order chi connectivity index (χ1) is 14.3. The molecule has 0 aliphatic heterocycles. The number of benzene rings is 1. The summed E-state index contributed by atoms with van der Waals surface area (Å²) in [6, 6.07) is 6.03. The Bertz CT molecular complexity index is 763. The average Bonchev–Trinajstić information content (AvgIpc) is 3.45. The Labute approximate surface area is 195 Å². The average molecular weight is 528 g/mol. The van der Waals surface area contributed by atoms with Gasteiger partial charge in [0.25, 0.3) is 0 Å². The largest absolute Gasteiger partial charge is 0.493 e. The summed E-state index contributed by atoms with van der Waals surface area (Å²) in [4.78, 5) is 4.32. The molecule has 0 amide bonds. The molecule has 9 heteroatoms. The van der Waals surface area contributed by atoms with E-state index < -0.39 is 0 Å². The van der Waals surface area contributed by atoms with Crippen LogP contribution in [0.4, 0.5) is 0 Å². The molecule has 1 saturated carbocycles. The molecule has 30 heavy (non-hydrogen) atoms. The maximum absolute atomic E-state index is 6.31. The van der Waals surface area contributed by atoms with Gasteiger partial charge in [0.2, 0.25) is 0 Å². The maximum Gasteiger partial charge on any atom is 0.191 e. The van der Waals surface area contributed by atoms with Crippen LogP contribution in [0, 0.1) is 0 Å². The van der Waals surface area contributed by atoms with Crippen molar-refractivity contribution in [2.24, 2.45) is 4.99 Å². The van der Waals surface area contributed by atoms with E-state index in [2.05, 4.69) is 31.9 Å². The topological polar surface area (TPSA) is 85.6 Å². The summed E-state index contributed by atoms with van der Waals surface area (Å²) in [6.45, 7) is 2.40. The first-order valence-corrected chi connectivity index (χ1v) is 10.4. The van der Waals surface area contributed by atoms with E-state index in [1.165, 1.54) is 12.8 Å². The molecule has 0 spiro atoms. The van der Waals surface area contributed by atoms with Gasteiger partial charge in [-0.3, -0.25) is 4.99 Å². The molecule has 0 radical (unpaired) electrons. The van der Waals surface area contributed by atoms with Crippen molar-refractivity contribution in [2.75, 3.05) is 20.7 Å². The number of nitrogens with zero attached hydrogens (tertiary/aromatic N) is 4. The highest BCUT2D eigenvalue weighted by atomic mass is 127. The van der Waals surface area contributed by atoms with Gasteiger partial charge in [-0.2, -0.15) is 0 Å². The Kier molecular flexibility index (Phi) is 10.7. The van der Waals surface area contributed by atoms with Crippen LogP contribution in [0.2, 0.25) is 0 Å². The van der Waals surface area contributed by atoms with Crippen LogP contribution >= 0.6 is 24.0 Å². The first-order valence-electron chi connectivity index (χ1n) is 10.4. The second-order valence-electron chi connectivity index (χ2n) is 7.23. The number of unbranched alkanes of at least 4 members (excludes halogenated alkanes) is 1.